The van der Waals surface area contributed by atoms with Gasteiger partial charge in [-0.1, -0.05) is 5.21 Å². The molecule has 0 aliphatic carbocycles. The van der Waals surface area contributed by atoms with Gasteiger partial charge in [0, 0.05) is 6.54 Å². The van der Waals surface area contributed by atoms with Crippen molar-refractivity contribution in [1.82, 2.24) is 15.0 Å². The van der Waals surface area contributed by atoms with Gasteiger partial charge in [0.05, 0.1) is 18.8 Å². The van der Waals surface area contributed by atoms with E-state index in [1.807, 2.05) is 6.92 Å². The monoisotopic (exact) mass is 156 g/mol. The van der Waals surface area contributed by atoms with Crippen LogP contribution in [0.4, 0.5) is 0 Å². The molecule has 1 heterocycles. The van der Waals surface area contributed by atoms with Crippen molar-refractivity contribution in [2.75, 3.05) is 6.54 Å². The van der Waals surface area contributed by atoms with E-state index in [9.17, 15) is 0 Å². The molecule has 5 heteroatoms. The predicted molar refractivity (Wildman–Crippen MR) is 39.7 cm³/mol. The van der Waals surface area contributed by atoms with Crippen LogP contribution in [0.2, 0.25) is 0 Å². The van der Waals surface area contributed by atoms with Gasteiger partial charge >= 0.3 is 0 Å². The number of rotatable bonds is 3. The van der Waals surface area contributed by atoms with Gasteiger partial charge in [0.2, 0.25) is 0 Å². The maximum Gasteiger partial charge on any atom is 0.108 e. The van der Waals surface area contributed by atoms with Crippen LogP contribution in [0, 0.1) is 0 Å². The normalized spacial score (nSPS) is 13.4. The lowest BCUT2D eigenvalue weighted by molar-refractivity contribution is 0.276. The lowest BCUT2D eigenvalue weighted by Crippen LogP contribution is -2.16. The molecular formula is C6H12N4O. The molecule has 0 aliphatic rings. The number of nitrogens with zero attached hydrogens (tertiary/aromatic N) is 3. The molecule has 0 amide bonds. The molecule has 1 aromatic heterocycles. The van der Waals surface area contributed by atoms with Crippen LogP contribution in [-0.2, 0) is 6.61 Å². The Kier molecular flexibility index (Phi) is 2.56. The molecule has 0 bridgehead atoms. The van der Waals surface area contributed by atoms with Crippen molar-refractivity contribution in [2.45, 2.75) is 19.6 Å². The first-order valence-electron chi connectivity index (χ1n) is 3.49. The van der Waals surface area contributed by atoms with Gasteiger partial charge in [-0.25, -0.2) is 4.68 Å². The topological polar surface area (TPSA) is 77.0 Å². The Hall–Kier alpha value is -0.940. The van der Waals surface area contributed by atoms with Gasteiger partial charge in [-0.15, -0.1) is 5.10 Å². The summed E-state index contributed by atoms with van der Waals surface area (Å²) in [6, 6.07) is 0.141. The summed E-state index contributed by atoms with van der Waals surface area (Å²) in [6.45, 7) is 2.39. The Balaban J connectivity index is 2.71. The number of aromatic nitrogens is 3. The minimum atomic E-state index is -0.0721. The molecule has 0 saturated carbocycles. The Morgan fingerprint density at radius 1 is 1.82 bits per heavy atom. The molecule has 0 aromatic carbocycles. The molecule has 62 valence electrons. The third-order valence-corrected chi connectivity index (χ3v) is 1.51. The van der Waals surface area contributed by atoms with Crippen molar-refractivity contribution in [1.29, 1.82) is 0 Å². The zero-order valence-electron chi connectivity index (χ0n) is 6.44. The highest BCUT2D eigenvalue weighted by Crippen LogP contribution is 2.01. The maximum absolute atomic E-state index is 8.66. The second-order valence-corrected chi connectivity index (χ2v) is 2.43. The molecular weight excluding hydrogens is 144 g/mol. The molecule has 1 unspecified atom stereocenters. The molecule has 0 saturated heterocycles. The summed E-state index contributed by atoms with van der Waals surface area (Å²) < 4.78 is 1.64. The molecule has 0 fully saturated rings. The maximum atomic E-state index is 8.66. The summed E-state index contributed by atoms with van der Waals surface area (Å²) in [5.41, 5.74) is 5.98. The Morgan fingerprint density at radius 2 is 2.55 bits per heavy atom. The molecule has 3 N–H and O–H groups in total. The first-order chi connectivity index (χ1) is 5.27. The summed E-state index contributed by atoms with van der Waals surface area (Å²) in [5, 5.41) is 16.2. The van der Waals surface area contributed by atoms with Gasteiger partial charge in [-0.05, 0) is 6.92 Å². The fourth-order valence-electron chi connectivity index (χ4n) is 0.709. The molecule has 11 heavy (non-hydrogen) atoms. The average Bonchev–Trinajstić information content (AvgIpc) is 2.50. The first-order valence-corrected chi connectivity index (χ1v) is 3.49. The van der Waals surface area contributed by atoms with Gasteiger partial charge < -0.3 is 10.8 Å². The van der Waals surface area contributed by atoms with Crippen LogP contribution in [0.1, 0.15) is 18.7 Å². The number of hydrogen-bond donors (Lipinski definition) is 2. The summed E-state index contributed by atoms with van der Waals surface area (Å²) in [5.74, 6) is 0. The summed E-state index contributed by atoms with van der Waals surface area (Å²) in [4.78, 5) is 0. The number of aliphatic hydroxyl groups excluding tert-OH is 1. The van der Waals surface area contributed by atoms with E-state index in [4.69, 9.17) is 10.8 Å². The van der Waals surface area contributed by atoms with Crippen molar-refractivity contribution < 1.29 is 5.11 Å². The van der Waals surface area contributed by atoms with Gasteiger partial charge in [0.1, 0.15) is 5.69 Å². The van der Waals surface area contributed by atoms with E-state index >= 15 is 0 Å². The number of hydrogen-bond acceptors (Lipinski definition) is 4. The number of aliphatic hydroxyl groups is 1. The highest BCUT2D eigenvalue weighted by atomic mass is 16.3. The summed E-state index contributed by atoms with van der Waals surface area (Å²) >= 11 is 0. The Labute approximate surface area is 64.8 Å². The zero-order chi connectivity index (χ0) is 8.27. The minimum Gasteiger partial charge on any atom is -0.390 e. The van der Waals surface area contributed by atoms with Crippen molar-refractivity contribution in [3.8, 4) is 0 Å². The lowest BCUT2D eigenvalue weighted by atomic mass is 10.3. The summed E-state index contributed by atoms with van der Waals surface area (Å²) in [7, 11) is 0. The first kappa shape index (κ1) is 8.16. The van der Waals surface area contributed by atoms with Crippen molar-refractivity contribution in [3.05, 3.63) is 11.9 Å². The molecule has 1 aromatic rings. The van der Waals surface area contributed by atoms with Gasteiger partial charge in [-0.2, -0.15) is 0 Å². The molecule has 0 radical (unpaired) electrons. The third-order valence-electron chi connectivity index (χ3n) is 1.51. The fraction of sp³-hybridized carbons (Fsp3) is 0.667. The van der Waals surface area contributed by atoms with Crippen molar-refractivity contribution in [3.63, 3.8) is 0 Å². The smallest absolute Gasteiger partial charge is 0.108 e. The Bertz CT molecular complexity index is 222. The standard InChI is InChI=1S/C6H12N4O/c1-5(2-7)10-3-6(4-11)8-9-10/h3,5,11H,2,4,7H2,1H3. The van der Waals surface area contributed by atoms with E-state index in [-0.39, 0.29) is 12.6 Å². The quantitative estimate of drug-likeness (QED) is 0.606. The third kappa shape index (κ3) is 1.75. The Morgan fingerprint density at radius 3 is 3.00 bits per heavy atom. The highest BCUT2D eigenvalue weighted by Gasteiger charge is 2.04. The van der Waals surface area contributed by atoms with Gasteiger partial charge in [0.15, 0.2) is 0 Å². The van der Waals surface area contributed by atoms with E-state index in [0.717, 1.165) is 0 Å². The van der Waals surface area contributed by atoms with Crippen molar-refractivity contribution >= 4 is 0 Å². The predicted octanol–water partition coefficient (Wildman–Crippen LogP) is -0.710. The van der Waals surface area contributed by atoms with Gasteiger partial charge in [0.25, 0.3) is 0 Å². The second kappa shape index (κ2) is 3.45. The van der Waals surface area contributed by atoms with Crippen LogP contribution in [-0.4, -0.2) is 26.6 Å². The van der Waals surface area contributed by atoms with Crippen LogP contribution in [0.3, 0.4) is 0 Å². The van der Waals surface area contributed by atoms with Crippen LogP contribution in [0.5, 0.6) is 0 Å². The summed E-state index contributed by atoms with van der Waals surface area (Å²) in [6.07, 6.45) is 1.69. The lowest BCUT2D eigenvalue weighted by Gasteiger charge is -2.05. The van der Waals surface area contributed by atoms with Crippen molar-refractivity contribution in [2.24, 2.45) is 5.73 Å². The fourth-order valence-corrected chi connectivity index (χ4v) is 0.709. The van der Waals surface area contributed by atoms with Crippen LogP contribution in [0.15, 0.2) is 6.20 Å². The van der Waals surface area contributed by atoms with Crippen LogP contribution >= 0.6 is 0 Å². The molecule has 0 spiro atoms. The van der Waals surface area contributed by atoms with E-state index in [1.165, 1.54) is 0 Å². The molecule has 1 rings (SSSR count). The minimum absolute atomic E-state index is 0.0721. The molecule has 5 nitrogen and oxygen atoms in total. The molecule has 0 aliphatic heterocycles. The van der Waals surface area contributed by atoms with Crippen LogP contribution in [0.25, 0.3) is 0 Å². The van der Waals surface area contributed by atoms with E-state index in [2.05, 4.69) is 10.3 Å². The second-order valence-electron chi connectivity index (χ2n) is 2.43. The van der Waals surface area contributed by atoms with Crippen LogP contribution < -0.4 is 5.73 Å². The van der Waals surface area contributed by atoms with E-state index in [1.54, 1.807) is 10.9 Å². The zero-order valence-corrected chi connectivity index (χ0v) is 6.44. The molecule has 1 atom stereocenters. The largest absolute Gasteiger partial charge is 0.390 e. The van der Waals surface area contributed by atoms with E-state index in [0.29, 0.717) is 12.2 Å². The number of nitrogens with two attached hydrogens (primary N) is 1. The average molecular weight is 156 g/mol. The van der Waals surface area contributed by atoms with E-state index < -0.39 is 0 Å². The van der Waals surface area contributed by atoms with Gasteiger partial charge in [-0.3, -0.25) is 0 Å². The SMILES string of the molecule is CC(CN)n1cc(CO)nn1. The highest BCUT2D eigenvalue weighted by molar-refractivity contribution is 4.90.